The van der Waals surface area contributed by atoms with Crippen molar-refractivity contribution in [2.75, 3.05) is 38.3 Å². The van der Waals surface area contributed by atoms with E-state index in [1.807, 2.05) is 12.3 Å². The molecule has 1 N–H and O–H groups in total. The average molecular weight is 318 g/mol. The van der Waals surface area contributed by atoms with E-state index in [2.05, 4.69) is 15.2 Å². The molecule has 2 saturated heterocycles. The molecule has 2 aliphatic heterocycles. The maximum Gasteiger partial charge on any atom is 0.150 e. The molecular weight excluding hydrogens is 292 g/mol. The van der Waals surface area contributed by atoms with Gasteiger partial charge in [-0.3, -0.25) is 4.90 Å². The molecule has 0 bridgehead atoms. The molecule has 3 aliphatic rings. The van der Waals surface area contributed by atoms with Crippen LogP contribution in [0.15, 0.2) is 12.3 Å². The first-order valence-corrected chi connectivity index (χ1v) is 8.91. The zero-order valence-corrected chi connectivity index (χ0v) is 13.6. The molecule has 0 aromatic carbocycles. The summed E-state index contributed by atoms with van der Waals surface area (Å²) in [7, 11) is 0. The van der Waals surface area contributed by atoms with Crippen LogP contribution >= 0.6 is 0 Å². The summed E-state index contributed by atoms with van der Waals surface area (Å²) in [5.74, 6) is 1.85. The summed E-state index contributed by atoms with van der Waals surface area (Å²) in [5, 5.41) is 3.52. The summed E-state index contributed by atoms with van der Waals surface area (Å²) in [5.41, 5.74) is 0. The molecule has 4 rings (SSSR count). The molecule has 0 spiro atoms. The van der Waals surface area contributed by atoms with E-state index in [4.69, 9.17) is 14.5 Å². The SMILES string of the molecule is c1cc(NC2CCC2)nc(C2COCCN2C2CCOCC2)n1. The number of ether oxygens (including phenoxy) is 2. The fraction of sp³-hybridized carbons (Fsp3) is 0.765. The first kappa shape index (κ1) is 15.3. The van der Waals surface area contributed by atoms with Crippen molar-refractivity contribution < 1.29 is 9.47 Å². The molecule has 23 heavy (non-hydrogen) atoms. The normalized spacial score (nSPS) is 27.6. The Bertz CT molecular complexity index is 517. The number of rotatable bonds is 4. The Labute approximate surface area is 137 Å². The van der Waals surface area contributed by atoms with Crippen LogP contribution in [-0.2, 0) is 9.47 Å². The lowest BCUT2D eigenvalue weighted by molar-refractivity contribution is -0.0591. The minimum Gasteiger partial charge on any atom is -0.381 e. The van der Waals surface area contributed by atoms with E-state index < -0.39 is 0 Å². The molecule has 1 unspecified atom stereocenters. The van der Waals surface area contributed by atoms with Crippen LogP contribution in [0.2, 0.25) is 0 Å². The summed E-state index contributed by atoms with van der Waals surface area (Å²) in [6, 6.07) is 3.29. The maximum absolute atomic E-state index is 5.74. The first-order valence-electron chi connectivity index (χ1n) is 8.91. The summed E-state index contributed by atoms with van der Waals surface area (Å²) >= 11 is 0. The van der Waals surface area contributed by atoms with Gasteiger partial charge in [-0.2, -0.15) is 0 Å². The smallest absolute Gasteiger partial charge is 0.150 e. The number of hydrogen-bond acceptors (Lipinski definition) is 6. The zero-order valence-electron chi connectivity index (χ0n) is 13.6. The van der Waals surface area contributed by atoms with Crippen molar-refractivity contribution in [3.05, 3.63) is 18.1 Å². The number of aromatic nitrogens is 2. The lowest BCUT2D eigenvalue weighted by atomic mass is 9.93. The highest BCUT2D eigenvalue weighted by atomic mass is 16.5. The second kappa shape index (κ2) is 7.11. The molecule has 3 fully saturated rings. The van der Waals surface area contributed by atoms with E-state index in [-0.39, 0.29) is 6.04 Å². The van der Waals surface area contributed by atoms with E-state index in [1.165, 1.54) is 19.3 Å². The van der Waals surface area contributed by atoms with E-state index >= 15 is 0 Å². The zero-order chi connectivity index (χ0) is 15.5. The van der Waals surface area contributed by atoms with Gasteiger partial charge in [0.15, 0.2) is 0 Å². The van der Waals surface area contributed by atoms with Crippen molar-refractivity contribution in [1.29, 1.82) is 0 Å². The van der Waals surface area contributed by atoms with Gasteiger partial charge in [0, 0.05) is 38.0 Å². The Morgan fingerprint density at radius 1 is 1.09 bits per heavy atom. The van der Waals surface area contributed by atoms with Crippen LogP contribution in [0.25, 0.3) is 0 Å². The Hall–Kier alpha value is -1.24. The number of anilines is 1. The molecule has 1 atom stereocenters. The molecule has 0 radical (unpaired) electrons. The molecule has 1 saturated carbocycles. The predicted molar refractivity (Wildman–Crippen MR) is 87.4 cm³/mol. The van der Waals surface area contributed by atoms with Gasteiger partial charge in [-0.25, -0.2) is 9.97 Å². The number of morpholine rings is 1. The third-order valence-electron chi connectivity index (χ3n) is 5.26. The molecule has 0 amide bonds. The molecule has 1 aliphatic carbocycles. The van der Waals surface area contributed by atoms with Gasteiger partial charge in [-0.15, -0.1) is 0 Å². The fourth-order valence-corrected chi connectivity index (χ4v) is 3.67. The van der Waals surface area contributed by atoms with Gasteiger partial charge in [0.25, 0.3) is 0 Å². The minimum absolute atomic E-state index is 0.162. The Balaban J connectivity index is 1.50. The van der Waals surface area contributed by atoms with Crippen molar-refractivity contribution >= 4 is 5.82 Å². The molecule has 6 heteroatoms. The van der Waals surface area contributed by atoms with Crippen LogP contribution in [-0.4, -0.2) is 59.9 Å². The highest BCUT2D eigenvalue weighted by Gasteiger charge is 2.33. The van der Waals surface area contributed by atoms with E-state index in [0.717, 1.165) is 50.8 Å². The standard InChI is InChI=1S/C17H26N4O2/c1-2-13(3-1)19-16-4-7-18-17(20-16)15-12-23-11-8-21(15)14-5-9-22-10-6-14/h4,7,13-15H,1-3,5-6,8-12H2,(H,18,19,20). The minimum atomic E-state index is 0.162. The van der Waals surface area contributed by atoms with Crippen LogP contribution in [0.3, 0.4) is 0 Å². The van der Waals surface area contributed by atoms with E-state index in [1.54, 1.807) is 0 Å². The van der Waals surface area contributed by atoms with Crippen LogP contribution in [0.1, 0.15) is 44.0 Å². The third-order valence-corrected chi connectivity index (χ3v) is 5.26. The fourth-order valence-electron chi connectivity index (χ4n) is 3.67. The molecule has 6 nitrogen and oxygen atoms in total. The maximum atomic E-state index is 5.74. The lowest BCUT2D eigenvalue weighted by Gasteiger charge is -2.41. The van der Waals surface area contributed by atoms with Gasteiger partial charge in [-0.05, 0) is 38.2 Å². The second-order valence-electron chi connectivity index (χ2n) is 6.74. The Morgan fingerprint density at radius 2 is 1.96 bits per heavy atom. The van der Waals surface area contributed by atoms with Gasteiger partial charge in [-0.1, -0.05) is 0 Å². The summed E-state index contributed by atoms with van der Waals surface area (Å²) in [6.45, 7) is 4.16. The van der Waals surface area contributed by atoms with E-state index in [0.29, 0.717) is 18.7 Å². The molecule has 126 valence electrons. The van der Waals surface area contributed by atoms with Gasteiger partial charge in [0.1, 0.15) is 11.6 Å². The Kier molecular flexibility index (Phi) is 4.73. The van der Waals surface area contributed by atoms with E-state index in [9.17, 15) is 0 Å². The van der Waals surface area contributed by atoms with Crippen molar-refractivity contribution in [2.24, 2.45) is 0 Å². The molecule has 3 heterocycles. The quantitative estimate of drug-likeness (QED) is 0.916. The highest BCUT2D eigenvalue weighted by molar-refractivity contribution is 5.35. The van der Waals surface area contributed by atoms with Crippen molar-refractivity contribution in [3.63, 3.8) is 0 Å². The van der Waals surface area contributed by atoms with Gasteiger partial charge < -0.3 is 14.8 Å². The van der Waals surface area contributed by atoms with Crippen molar-refractivity contribution in [2.45, 2.75) is 50.2 Å². The van der Waals surface area contributed by atoms with Crippen molar-refractivity contribution in [1.82, 2.24) is 14.9 Å². The van der Waals surface area contributed by atoms with Crippen molar-refractivity contribution in [3.8, 4) is 0 Å². The van der Waals surface area contributed by atoms with Gasteiger partial charge in [0.2, 0.25) is 0 Å². The number of nitrogens with one attached hydrogen (secondary N) is 1. The number of hydrogen-bond donors (Lipinski definition) is 1. The lowest BCUT2D eigenvalue weighted by Crippen LogP contribution is -2.48. The third kappa shape index (κ3) is 3.49. The van der Waals surface area contributed by atoms with Crippen LogP contribution < -0.4 is 5.32 Å². The molecular formula is C17H26N4O2. The monoisotopic (exact) mass is 318 g/mol. The summed E-state index contributed by atoms with van der Waals surface area (Å²) < 4.78 is 11.3. The summed E-state index contributed by atoms with van der Waals surface area (Å²) in [6.07, 6.45) is 7.89. The topological polar surface area (TPSA) is 59.5 Å². The van der Waals surface area contributed by atoms with Gasteiger partial charge in [0.05, 0.1) is 19.3 Å². The average Bonchev–Trinajstić information content (AvgIpc) is 2.59. The highest BCUT2D eigenvalue weighted by Crippen LogP contribution is 2.29. The molecule has 1 aromatic rings. The van der Waals surface area contributed by atoms with Crippen LogP contribution in [0.5, 0.6) is 0 Å². The largest absolute Gasteiger partial charge is 0.381 e. The number of nitrogens with zero attached hydrogens (tertiary/aromatic N) is 3. The second-order valence-corrected chi connectivity index (χ2v) is 6.74. The summed E-state index contributed by atoms with van der Waals surface area (Å²) in [4.78, 5) is 11.9. The van der Waals surface area contributed by atoms with Crippen LogP contribution in [0, 0.1) is 0 Å². The Morgan fingerprint density at radius 3 is 2.74 bits per heavy atom. The van der Waals surface area contributed by atoms with Gasteiger partial charge >= 0.3 is 0 Å². The predicted octanol–water partition coefficient (Wildman–Crippen LogP) is 1.99. The first-order chi connectivity index (χ1) is 11.4. The molecule has 1 aromatic heterocycles. The van der Waals surface area contributed by atoms with Crippen LogP contribution in [0.4, 0.5) is 5.82 Å².